The average molecular weight is 417 g/mol. The molecule has 1 heterocycles. The van der Waals surface area contributed by atoms with Gasteiger partial charge in [-0.15, -0.1) is 0 Å². The first-order chi connectivity index (χ1) is 13.9. The Balaban J connectivity index is 1.56. The first-order valence-electron chi connectivity index (χ1n) is 9.61. The van der Waals surface area contributed by atoms with Crippen LogP contribution >= 0.6 is 0 Å². The molecule has 1 aliphatic rings. The minimum absolute atomic E-state index is 0.299. The molecule has 29 heavy (non-hydrogen) atoms. The zero-order valence-corrected chi connectivity index (χ0v) is 17.9. The monoisotopic (exact) mass is 416 g/mol. The molecular weight excluding hydrogens is 388 g/mol. The molecule has 0 aliphatic carbocycles. The summed E-state index contributed by atoms with van der Waals surface area (Å²) in [5.41, 5.74) is 3.21. The standard InChI is InChI=1S/C21H28N4O3S/c1-22-21(23-12-10-16-8-9-19-17(14-16)11-13-28-19)24-15-18-6-4-5-7-20(18)29(26,27)25(2)3/h4-9,14H,10-13,15H2,1-3H3,(H2,22,23,24). The van der Waals surface area contributed by atoms with Crippen molar-refractivity contribution in [3.8, 4) is 5.75 Å². The van der Waals surface area contributed by atoms with Crippen molar-refractivity contribution in [1.82, 2.24) is 14.9 Å². The van der Waals surface area contributed by atoms with Gasteiger partial charge >= 0.3 is 0 Å². The molecule has 2 aromatic carbocycles. The van der Waals surface area contributed by atoms with E-state index in [2.05, 4.69) is 27.8 Å². The van der Waals surface area contributed by atoms with E-state index in [1.54, 1.807) is 19.2 Å². The van der Waals surface area contributed by atoms with E-state index in [1.165, 1.54) is 29.5 Å². The van der Waals surface area contributed by atoms with Crippen molar-refractivity contribution in [3.63, 3.8) is 0 Å². The van der Waals surface area contributed by atoms with Crippen LogP contribution in [-0.4, -0.2) is 53.0 Å². The second-order valence-corrected chi connectivity index (χ2v) is 9.16. The molecule has 0 spiro atoms. The van der Waals surface area contributed by atoms with Crippen LogP contribution < -0.4 is 15.4 Å². The predicted molar refractivity (Wildman–Crippen MR) is 115 cm³/mol. The van der Waals surface area contributed by atoms with Gasteiger partial charge in [0.2, 0.25) is 10.0 Å². The molecule has 3 rings (SSSR count). The van der Waals surface area contributed by atoms with Crippen molar-refractivity contribution >= 4 is 16.0 Å². The number of nitrogens with zero attached hydrogens (tertiary/aromatic N) is 2. The minimum Gasteiger partial charge on any atom is -0.493 e. The molecule has 7 nitrogen and oxygen atoms in total. The number of guanidine groups is 1. The van der Waals surface area contributed by atoms with E-state index in [0.29, 0.717) is 23.0 Å². The van der Waals surface area contributed by atoms with Gasteiger partial charge < -0.3 is 15.4 Å². The van der Waals surface area contributed by atoms with Gasteiger partial charge in [0.25, 0.3) is 0 Å². The van der Waals surface area contributed by atoms with Crippen molar-refractivity contribution in [2.24, 2.45) is 4.99 Å². The fraction of sp³-hybridized carbons (Fsp3) is 0.381. The van der Waals surface area contributed by atoms with Crippen LogP contribution in [0.5, 0.6) is 5.75 Å². The minimum atomic E-state index is -3.50. The average Bonchev–Trinajstić information content (AvgIpc) is 3.18. The number of ether oxygens (including phenoxy) is 1. The first kappa shape index (κ1) is 21.1. The third-order valence-corrected chi connectivity index (χ3v) is 6.78. The number of rotatable bonds is 7. The lowest BCUT2D eigenvalue weighted by Crippen LogP contribution is -2.38. The van der Waals surface area contributed by atoms with E-state index in [9.17, 15) is 8.42 Å². The van der Waals surface area contributed by atoms with Crippen molar-refractivity contribution in [2.75, 3.05) is 34.3 Å². The normalized spacial score (nSPS) is 13.9. The maximum absolute atomic E-state index is 12.5. The molecular formula is C21H28N4O3S. The third-order valence-electron chi connectivity index (χ3n) is 4.86. The second-order valence-electron chi connectivity index (χ2n) is 7.04. The van der Waals surface area contributed by atoms with Crippen LogP contribution in [0.3, 0.4) is 0 Å². The van der Waals surface area contributed by atoms with Crippen molar-refractivity contribution in [3.05, 3.63) is 59.2 Å². The highest BCUT2D eigenvalue weighted by Gasteiger charge is 2.20. The molecule has 1 aliphatic heterocycles. The predicted octanol–water partition coefficient (Wildman–Crippen LogP) is 1.78. The summed E-state index contributed by atoms with van der Waals surface area (Å²) in [6, 6.07) is 13.3. The van der Waals surface area contributed by atoms with E-state index in [0.717, 1.165) is 31.7 Å². The Hall–Kier alpha value is -2.58. The Morgan fingerprint density at radius 2 is 1.97 bits per heavy atom. The van der Waals surface area contributed by atoms with E-state index >= 15 is 0 Å². The summed E-state index contributed by atoms with van der Waals surface area (Å²) < 4.78 is 31.8. The van der Waals surface area contributed by atoms with Crippen molar-refractivity contribution < 1.29 is 13.2 Å². The van der Waals surface area contributed by atoms with Gasteiger partial charge in [-0.05, 0) is 35.2 Å². The zero-order chi connectivity index (χ0) is 20.9. The summed E-state index contributed by atoms with van der Waals surface area (Å²) >= 11 is 0. The van der Waals surface area contributed by atoms with Crippen LogP contribution in [-0.2, 0) is 29.4 Å². The highest BCUT2D eigenvalue weighted by molar-refractivity contribution is 7.89. The highest BCUT2D eigenvalue weighted by atomic mass is 32.2. The molecule has 2 N–H and O–H groups in total. The van der Waals surface area contributed by atoms with E-state index in [1.807, 2.05) is 18.2 Å². The highest BCUT2D eigenvalue weighted by Crippen LogP contribution is 2.25. The van der Waals surface area contributed by atoms with E-state index in [4.69, 9.17) is 4.74 Å². The summed E-state index contributed by atoms with van der Waals surface area (Å²) in [6.07, 6.45) is 1.83. The Morgan fingerprint density at radius 1 is 1.17 bits per heavy atom. The van der Waals surface area contributed by atoms with Gasteiger partial charge in [-0.25, -0.2) is 12.7 Å². The molecule has 0 saturated carbocycles. The fourth-order valence-corrected chi connectivity index (χ4v) is 4.33. The van der Waals surface area contributed by atoms with Crippen LogP contribution in [0, 0.1) is 0 Å². The smallest absolute Gasteiger partial charge is 0.242 e. The van der Waals surface area contributed by atoms with Crippen molar-refractivity contribution in [1.29, 1.82) is 0 Å². The van der Waals surface area contributed by atoms with Crippen molar-refractivity contribution in [2.45, 2.75) is 24.3 Å². The maximum Gasteiger partial charge on any atom is 0.242 e. The Kier molecular flexibility index (Phi) is 6.76. The van der Waals surface area contributed by atoms with Gasteiger partial charge in [-0.2, -0.15) is 0 Å². The molecule has 0 saturated heterocycles. The lowest BCUT2D eigenvalue weighted by Gasteiger charge is -2.17. The van der Waals surface area contributed by atoms with E-state index < -0.39 is 10.0 Å². The van der Waals surface area contributed by atoms with Crippen LogP contribution in [0.1, 0.15) is 16.7 Å². The zero-order valence-electron chi connectivity index (χ0n) is 17.1. The summed E-state index contributed by atoms with van der Waals surface area (Å²) in [6.45, 7) is 1.84. The van der Waals surface area contributed by atoms with Gasteiger partial charge in [0.1, 0.15) is 5.75 Å². The number of aliphatic imine (C=N–C) groups is 1. The lowest BCUT2D eigenvalue weighted by molar-refractivity contribution is 0.357. The maximum atomic E-state index is 12.5. The summed E-state index contributed by atoms with van der Waals surface area (Å²) in [5.74, 6) is 1.62. The first-order valence-corrected chi connectivity index (χ1v) is 11.1. The van der Waals surface area contributed by atoms with Gasteiger partial charge in [0, 0.05) is 40.7 Å². The second kappa shape index (κ2) is 9.28. The van der Waals surface area contributed by atoms with Gasteiger partial charge in [-0.1, -0.05) is 30.3 Å². The van der Waals surface area contributed by atoms with E-state index in [-0.39, 0.29) is 0 Å². The number of hydrogen-bond acceptors (Lipinski definition) is 4. The Bertz CT molecular complexity index is 987. The molecule has 0 bridgehead atoms. The third kappa shape index (κ3) is 5.07. The number of hydrogen-bond donors (Lipinski definition) is 2. The topological polar surface area (TPSA) is 83.0 Å². The summed E-state index contributed by atoms with van der Waals surface area (Å²) in [7, 11) is 1.27. The molecule has 0 atom stereocenters. The number of nitrogens with one attached hydrogen (secondary N) is 2. The van der Waals surface area contributed by atoms with Gasteiger partial charge in [0.05, 0.1) is 11.5 Å². The SMILES string of the molecule is CN=C(NCCc1ccc2c(c1)CCO2)NCc1ccccc1S(=O)(=O)N(C)C. The molecule has 0 fully saturated rings. The fourth-order valence-electron chi connectivity index (χ4n) is 3.22. The molecule has 156 valence electrons. The number of sulfonamides is 1. The van der Waals surface area contributed by atoms with Crippen LogP contribution in [0.25, 0.3) is 0 Å². The summed E-state index contributed by atoms with van der Waals surface area (Å²) in [4.78, 5) is 4.53. The number of benzene rings is 2. The van der Waals surface area contributed by atoms with Crippen LogP contribution in [0.15, 0.2) is 52.4 Å². The Labute approximate surface area is 172 Å². The number of fused-ring (bicyclic) bond motifs is 1. The van der Waals surface area contributed by atoms with Crippen LogP contribution in [0.2, 0.25) is 0 Å². The van der Waals surface area contributed by atoms with Crippen LogP contribution in [0.4, 0.5) is 0 Å². The Morgan fingerprint density at radius 3 is 2.72 bits per heavy atom. The molecule has 0 radical (unpaired) electrons. The van der Waals surface area contributed by atoms with Gasteiger partial charge in [0.15, 0.2) is 5.96 Å². The molecule has 0 amide bonds. The molecule has 8 heteroatoms. The lowest BCUT2D eigenvalue weighted by atomic mass is 10.1. The largest absolute Gasteiger partial charge is 0.493 e. The molecule has 2 aromatic rings. The van der Waals surface area contributed by atoms with Gasteiger partial charge in [-0.3, -0.25) is 4.99 Å². The quantitative estimate of drug-likeness (QED) is 0.531. The summed E-state index contributed by atoms with van der Waals surface area (Å²) in [5, 5.41) is 6.49. The molecule has 0 unspecified atom stereocenters. The molecule has 0 aromatic heterocycles.